The van der Waals surface area contributed by atoms with Gasteiger partial charge in [0.2, 0.25) is 0 Å². The second-order valence-electron chi connectivity index (χ2n) is 5.21. The van der Waals surface area contributed by atoms with E-state index in [-0.39, 0.29) is 11.8 Å². The van der Waals surface area contributed by atoms with Crippen molar-refractivity contribution in [3.8, 4) is 0 Å². The molecule has 5 heteroatoms. The van der Waals surface area contributed by atoms with Crippen LogP contribution in [0, 0.1) is 11.8 Å². The Morgan fingerprint density at radius 2 is 1.88 bits per heavy atom. The molecule has 0 aliphatic heterocycles. The molecule has 1 aliphatic rings. The summed E-state index contributed by atoms with van der Waals surface area (Å²) in [5, 5.41) is 0. The normalized spacial score (nSPS) is 28.9. The Morgan fingerprint density at radius 1 is 1.31 bits per heavy atom. The monoisotopic (exact) mass is 248 g/mol. The van der Waals surface area contributed by atoms with Crippen molar-refractivity contribution < 1.29 is 8.42 Å². The van der Waals surface area contributed by atoms with Crippen LogP contribution in [0.2, 0.25) is 0 Å². The molecule has 0 saturated heterocycles. The molecule has 4 nitrogen and oxygen atoms in total. The van der Waals surface area contributed by atoms with Crippen molar-refractivity contribution in [2.24, 2.45) is 17.7 Å². The van der Waals surface area contributed by atoms with E-state index in [4.69, 9.17) is 5.84 Å². The van der Waals surface area contributed by atoms with Gasteiger partial charge in [-0.05, 0) is 31.1 Å². The standard InChI is InChI=1S/C11H24N2O2S/c1-9-3-5-10(6-4-9)11(13-12)7-8-16(2,14)15/h9-11,13H,3-8,12H2,1-2H3. The fraction of sp³-hybridized carbons (Fsp3) is 1.00. The van der Waals surface area contributed by atoms with Gasteiger partial charge in [0.25, 0.3) is 0 Å². The van der Waals surface area contributed by atoms with Crippen LogP contribution in [-0.4, -0.2) is 26.5 Å². The largest absolute Gasteiger partial charge is 0.271 e. The molecule has 1 saturated carbocycles. The highest BCUT2D eigenvalue weighted by atomic mass is 32.2. The van der Waals surface area contributed by atoms with E-state index in [1.54, 1.807) is 0 Å². The van der Waals surface area contributed by atoms with Gasteiger partial charge >= 0.3 is 0 Å². The van der Waals surface area contributed by atoms with Gasteiger partial charge in [-0.15, -0.1) is 0 Å². The lowest BCUT2D eigenvalue weighted by atomic mass is 9.79. The van der Waals surface area contributed by atoms with Crippen molar-refractivity contribution in [1.29, 1.82) is 0 Å². The van der Waals surface area contributed by atoms with Crippen LogP contribution in [-0.2, 0) is 9.84 Å². The fourth-order valence-corrected chi connectivity index (χ4v) is 3.17. The number of hydrogen-bond donors (Lipinski definition) is 2. The number of nitrogens with one attached hydrogen (secondary N) is 1. The molecule has 1 unspecified atom stereocenters. The summed E-state index contributed by atoms with van der Waals surface area (Å²) in [5.41, 5.74) is 2.79. The van der Waals surface area contributed by atoms with Crippen LogP contribution < -0.4 is 11.3 Å². The lowest BCUT2D eigenvalue weighted by Gasteiger charge is -2.32. The van der Waals surface area contributed by atoms with Gasteiger partial charge < -0.3 is 0 Å². The van der Waals surface area contributed by atoms with E-state index in [0.717, 1.165) is 5.92 Å². The SMILES string of the molecule is CC1CCC(C(CCS(C)(=O)=O)NN)CC1. The average Bonchev–Trinajstić information content (AvgIpc) is 2.20. The van der Waals surface area contributed by atoms with E-state index in [2.05, 4.69) is 12.3 Å². The molecular formula is C11H24N2O2S. The van der Waals surface area contributed by atoms with Gasteiger partial charge in [-0.2, -0.15) is 0 Å². The molecule has 0 amide bonds. The van der Waals surface area contributed by atoms with E-state index in [1.165, 1.54) is 31.9 Å². The van der Waals surface area contributed by atoms with Crippen LogP contribution in [0.25, 0.3) is 0 Å². The van der Waals surface area contributed by atoms with Crippen LogP contribution in [0.4, 0.5) is 0 Å². The first-order valence-electron chi connectivity index (χ1n) is 6.06. The molecule has 0 bridgehead atoms. The van der Waals surface area contributed by atoms with Crippen molar-refractivity contribution in [2.45, 2.75) is 45.1 Å². The number of hydrazine groups is 1. The van der Waals surface area contributed by atoms with Gasteiger partial charge in [0, 0.05) is 12.3 Å². The lowest BCUT2D eigenvalue weighted by Crippen LogP contribution is -2.43. The first kappa shape index (κ1) is 13.9. The zero-order valence-corrected chi connectivity index (χ0v) is 11.1. The summed E-state index contributed by atoms with van der Waals surface area (Å²) < 4.78 is 22.2. The molecule has 0 aromatic heterocycles. The third-order valence-corrected chi connectivity index (χ3v) is 4.62. The van der Waals surface area contributed by atoms with E-state index in [0.29, 0.717) is 12.3 Å². The van der Waals surface area contributed by atoms with Crippen molar-refractivity contribution >= 4 is 9.84 Å². The van der Waals surface area contributed by atoms with Crippen molar-refractivity contribution in [1.82, 2.24) is 5.43 Å². The smallest absolute Gasteiger partial charge is 0.147 e. The molecule has 1 aliphatic carbocycles. The van der Waals surface area contributed by atoms with E-state index in [9.17, 15) is 8.42 Å². The van der Waals surface area contributed by atoms with Crippen LogP contribution in [0.3, 0.4) is 0 Å². The maximum absolute atomic E-state index is 11.1. The number of rotatable bonds is 5. The predicted octanol–water partition coefficient (Wildman–Crippen LogP) is 1.08. The summed E-state index contributed by atoms with van der Waals surface area (Å²) in [5.74, 6) is 7.11. The maximum atomic E-state index is 11.1. The zero-order chi connectivity index (χ0) is 12.2. The minimum atomic E-state index is -2.87. The molecule has 0 spiro atoms. The Hall–Kier alpha value is -0.130. The van der Waals surface area contributed by atoms with E-state index >= 15 is 0 Å². The first-order chi connectivity index (χ1) is 7.42. The number of nitrogens with two attached hydrogens (primary N) is 1. The summed E-state index contributed by atoms with van der Waals surface area (Å²) >= 11 is 0. The van der Waals surface area contributed by atoms with Crippen LogP contribution in [0.15, 0.2) is 0 Å². The van der Waals surface area contributed by atoms with Gasteiger partial charge in [0.05, 0.1) is 5.75 Å². The summed E-state index contributed by atoms with van der Waals surface area (Å²) in [7, 11) is -2.87. The molecule has 3 N–H and O–H groups in total. The zero-order valence-electron chi connectivity index (χ0n) is 10.3. The second kappa shape index (κ2) is 5.98. The van der Waals surface area contributed by atoms with Gasteiger partial charge in [0.1, 0.15) is 9.84 Å². The van der Waals surface area contributed by atoms with Crippen LogP contribution in [0.5, 0.6) is 0 Å². The molecule has 0 aromatic carbocycles. The minimum absolute atomic E-state index is 0.155. The Kier molecular flexibility index (Phi) is 5.21. The summed E-state index contributed by atoms with van der Waals surface area (Å²) in [6, 6.07) is 0.155. The van der Waals surface area contributed by atoms with Gasteiger partial charge in [-0.1, -0.05) is 19.8 Å². The van der Waals surface area contributed by atoms with Crippen LogP contribution >= 0.6 is 0 Å². The molecule has 0 radical (unpaired) electrons. The molecule has 16 heavy (non-hydrogen) atoms. The van der Waals surface area contributed by atoms with Crippen molar-refractivity contribution in [2.75, 3.05) is 12.0 Å². The highest BCUT2D eigenvalue weighted by molar-refractivity contribution is 7.90. The third kappa shape index (κ3) is 4.80. The Balaban J connectivity index is 2.42. The van der Waals surface area contributed by atoms with Gasteiger partial charge in [-0.3, -0.25) is 11.3 Å². The minimum Gasteiger partial charge on any atom is -0.271 e. The van der Waals surface area contributed by atoms with Crippen LogP contribution in [0.1, 0.15) is 39.0 Å². The molecule has 0 heterocycles. The molecular weight excluding hydrogens is 224 g/mol. The number of hydrogen-bond acceptors (Lipinski definition) is 4. The average molecular weight is 248 g/mol. The van der Waals surface area contributed by atoms with Crippen molar-refractivity contribution in [3.05, 3.63) is 0 Å². The molecule has 1 rings (SSSR count). The summed E-state index contributed by atoms with van der Waals surface area (Å²) in [6.45, 7) is 2.28. The highest BCUT2D eigenvalue weighted by Crippen LogP contribution is 2.31. The fourth-order valence-electron chi connectivity index (χ4n) is 2.48. The maximum Gasteiger partial charge on any atom is 0.147 e. The summed E-state index contributed by atoms with van der Waals surface area (Å²) in [6.07, 6.45) is 6.72. The number of sulfone groups is 1. The molecule has 96 valence electrons. The first-order valence-corrected chi connectivity index (χ1v) is 8.12. The quantitative estimate of drug-likeness (QED) is 0.564. The Labute approximate surface area is 98.9 Å². The lowest BCUT2D eigenvalue weighted by molar-refractivity contribution is 0.227. The van der Waals surface area contributed by atoms with E-state index in [1.807, 2.05) is 0 Å². The van der Waals surface area contributed by atoms with E-state index < -0.39 is 9.84 Å². The predicted molar refractivity (Wildman–Crippen MR) is 66.6 cm³/mol. The summed E-state index contributed by atoms with van der Waals surface area (Å²) in [4.78, 5) is 0. The Bertz CT molecular complexity index is 295. The molecule has 0 aromatic rings. The highest BCUT2D eigenvalue weighted by Gasteiger charge is 2.25. The molecule has 1 atom stereocenters. The van der Waals surface area contributed by atoms with Gasteiger partial charge in [-0.25, -0.2) is 8.42 Å². The topological polar surface area (TPSA) is 72.2 Å². The van der Waals surface area contributed by atoms with Gasteiger partial charge in [0.15, 0.2) is 0 Å². The Morgan fingerprint density at radius 3 is 2.31 bits per heavy atom. The molecule has 1 fully saturated rings. The second-order valence-corrected chi connectivity index (χ2v) is 7.47. The third-order valence-electron chi connectivity index (χ3n) is 3.64. The van der Waals surface area contributed by atoms with Crippen molar-refractivity contribution in [3.63, 3.8) is 0 Å².